The molecule has 0 aromatic rings. The van der Waals surface area contributed by atoms with Crippen LogP contribution in [0.4, 0.5) is 0 Å². The Balaban J connectivity index is 1.26. The first-order valence-electron chi connectivity index (χ1n) is 8.48. The van der Waals surface area contributed by atoms with Crippen LogP contribution in [0.5, 0.6) is 0 Å². The summed E-state index contributed by atoms with van der Waals surface area (Å²) in [5.41, 5.74) is 6.19. The Kier molecular flexibility index (Phi) is 5.14. The van der Waals surface area contributed by atoms with Crippen LogP contribution >= 0.6 is 0 Å². The van der Waals surface area contributed by atoms with Crippen molar-refractivity contribution in [3.05, 3.63) is 0 Å². The van der Waals surface area contributed by atoms with E-state index in [1.807, 2.05) is 0 Å². The monoisotopic (exact) mass is 296 g/mol. The smallest absolute Gasteiger partial charge is 0.224 e. The number of hydrogen-bond donors (Lipinski definition) is 2. The molecule has 120 valence electrons. The first kappa shape index (κ1) is 15.3. The molecule has 0 radical (unpaired) electrons. The van der Waals surface area contributed by atoms with Crippen LogP contribution in [0, 0.1) is 17.8 Å². The zero-order valence-electron chi connectivity index (χ0n) is 12.8. The van der Waals surface area contributed by atoms with E-state index in [9.17, 15) is 4.79 Å². The molecule has 2 bridgehead atoms. The van der Waals surface area contributed by atoms with E-state index in [2.05, 4.69) is 5.32 Å². The second kappa shape index (κ2) is 7.07. The molecule has 21 heavy (non-hydrogen) atoms. The van der Waals surface area contributed by atoms with Crippen LogP contribution in [0.2, 0.25) is 0 Å². The molecule has 3 aliphatic rings. The number of nitrogens with one attached hydrogen (secondary N) is 1. The van der Waals surface area contributed by atoms with Crippen molar-refractivity contribution in [3.8, 4) is 0 Å². The van der Waals surface area contributed by atoms with E-state index in [0.29, 0.717) is 31.6 Å². The third kappa shape index (κ3) is 3.58. The predicted octanol–water partition coefficient (Wildman–Crippen LogP) is 1.06. The number of carbonyl (C=O) groups excluding carboxylic acids is 1. The Hall–Kier alpha value is -0.650. The van der Waals surface area contributed by atoms with Gasteiger partial charge in [-0.3, -0.25) is 4.79 Å². The highest BCUT2D eigenvalue weighted by molar-refractivity contribution is 5.80. The number of hydrogen-bond acceptors (Lipinski definition) is 4. The highest BCUT2D eigenvalue weighted by Gasteiger charge is 2.48. The molecule has 3 fully saturated rings. The van der Waals surface area contributed by atoms with Gasteiger partial charge in [0.25, 0.3) is 0 Å². The van der Waals surface area contributed by atoms with Crippen LogP contribution in [0.1, 0.15) is 38.5 Å². The molecule has 1 amide bonds. The normalized spacial score (nSPS) is 38.0. The van der Waals surface area contributed by atoms with E-state index in [0.717, 1.165) is 32.3 Å². The lowest BCUT2D eigenvalue weighted by Gasteiger charge is -2.27. The standard InChI is InChI=1S/C16H28N2O3/c17-15-12-5-4-11(9-12)14(15)16(19)18-6-2-7-20-10-13-3-1-8-21-13/h11-15H,1-10,17H2,(H,18,19). The molecule has 5 nitrogen and oxygen atoms in total. The Morgan fingerprint density at radius 2 is 2.14 bits per heavy atom. The maximum Gasteiger partial charge on any atom is 0.224 e. The number of amides is 1. The summed E-state index contributed by atoms with van der Waals surface area (Å²) in [5, 5.41) is 3.04. The first-order valence-corrected chi connectivity index (χ1v) is 8.48. The van der Waals surface area contributed by atoms with Gasteiger partial charge in [-0.25, -0.2) is 0 Å². The van der Waals surface area contributed by atoms with Crippen molar-refractivity contribution in [2.75, 3.05) is 26.4 Å². The lowest BCUT2D eigenvalue weighted by molar-refractivity contribution is -0.127. The molecule has 1 aliphatic heterocycles. The molecule has 0 aromatic carbocycles. The maximum absolute atomic E-state index is 12.2. The van der Waals surface area contributed by atoms with Gasteiger partial charge < -0.3 is 20.5 Å². The fourth-order valence-electron chi connectivity index (χ4n) is 4.22. The second-order valence-corrected chi connectivity index (χ2v) is 6.79. The van der Waals surface area contributed by atoms with Gasteiger partial charge in [-0.1, -0.05) is 0 Å². The Labute approximate surface area is 126 Å². The Morgan fingerprint density at radius 1 is 1.29 bits per heavy atom. The van der Waals surface area contributed by atoms with Crippen molar-refractivity contribution in [1.29, 1.82) is 0 Å². The summed E-state index contributed by atoms with van der Waals surface area (Å²) < 4.78 is 11.1. The molecule has 3 N–H and O–H groups in total. The summed E-state index contributed by atoms with van der Waals surface area (Å²) in [6, 6.07) is 0.0829. The fourth-order valence-corrected chi connectivity index (χ4v) is 4.22. The third-order valence-electron chi connectivity index (χ3n) is 5.38. The molecule has 1 saturated heterocycles. The van der Waals surface area contributed by atoms with Gasteiger partial charge in [0.1, 0.15) is 0 Å². The zero-order valence-corrected chi connectivity index (χ0v) is 12.8. The van der Waals surface area contributed by atoms with Crippen LogP contribution in [-0.2, 0) is 14.3 Å². The number of nitrogens with two attached hydrogens (primary N) is 1. The van der Waals surface area contributed by atoms with Crippen LogP contribution in [0.3, 0.4) is 0 Å². The lowest BCUT2D eigenvalue weighted by Crippen LogP contribution is -2.45. The van der Waals surface area contributed by atoms with Gasteiger partial charge in [0.2, 0.25) is 5.91 Å². The largest absolute Gasteiger partial charge is 0.379 e. The van der Waals surface area contributed by atoms with E-state index in [1.165, 1.54) is 12.8 Å². The molecular formula is C16H28N2O3. The minimum Gasteiger partial charge on any atom is -0.379 e. The van der Waals surface area contributed by atoms with E-state index >= 15 is 0 Å². The molecule has 0 aromatic heterocycles. The van der Waals surface area contributed by atoms with Gasteiger partial charge in [-0.2, -0.15) is 0 Å². The quantitative estimate of drug-likeness (QED) is 0.689. The molecule has 1 heterocycles. The summed E-state index contributed by atoms with van der Waals surface area (Å²) in [4.78, 5) is 12.2. The van der Waals surface area contributed by atoms with Crippen LogP contribution in [0.25, 0.3) is 0 Å². The van der Waals surface area contributed by atoms with Crippen molar-refractivity contribution < 1.29 is 14.3 Å². The summed E-state index contributed by atoms with van der Waals surface area (Å²) in [7, 11) is 0. The summed E-state index contributed by atoms with van der Waals surface area (Å²) in [5.74, 6) is 1.33. The SMILES string of the molecule is NC1C2CCC(C2)C1C(=O)NCCCOCC1CCCO1. The highest BCUT2D eigenvalue weighted by Crippen LogP contribution is 2.47. The molecule has 2 aliphatic carbocycles. The second-order valence-electron chi connectivity index (χ2n) is 6.79. The van der Waals surface area contributed by atoms with Gasteiger partial charge in [0.15, 0.2) is 0 Å². The average molecular weight is 296 g/mol. The third-order valence-corrected chi connectivity index (χ3v) is 5.38. The van der Waals surface area contributed by atoms with Gasteiger partial charge in [-0.05, 0) is 50.4 Å². The van der Waals surface area contributed by atoms with Crippen LogP contribution < -0.4 is 11.1 Å². The van der Waals surface area contributed by atoms with Crippen molar-refractivity contribution in [2.45, 2.75) is 50.7 Å². The van der Waals surface area contributed by atoms with E-state index in [-0.39, 0.29) is 24.0 Å². The van der Waals surface area contributed by atoms with Crippen LogP contribution in [0.15, 0.2) is 0 Å². The average Bonchev–Trinajstić information content (AvgIpc) is 3.19. The molecule has 5 unspecified atom stereocenters. The Morgan fingerprint density at radius 3 is 2.86 bits per heavy atom. The number of fused-ring (bicyclic) bond motifs is 2. The molecule has 5 atom stereocenters. The van der Waals surface area contributed by atoms with E-state index in [4.69, 9.17) is 15.2 Å². The van der Waals surface area contributed by atoms with Gasteiger partial charge in [-0.15, -0.1) is 0 Å². The number of rotatable bonds is 7. The summed E-state index contributed by atoms with van der Waals surface area (Å²) in [6.45, 7) is 2.92. The molecule has 3 rings (SSSR count). The highest BCUT2D eigenvalue weighted by atomic mass is 16.5. The Bertz CT molecular complexity index is 355. The predicted molar refractivity (Wildman–Crippen MR) is 79.7 cm³/mol. The molecule has 5 heteroatoms. The molecule has 0 spiro atoms. The maximum atomic E-state index is 12.2. The lowest BCUT2D eigenvalue weighted by atomic mass is 9.84. The van der Waals surface area contributed by atoms with Gasteiger partial charge in [0.05, 0.1) is 18.6 Å². The van der Waals surface area contributed by atoms with Crippen LogP contribution in [-0.4, -0.2) is 44.4 Å². The number of ether oxygens (including phenoxy) is 2. The summed E-state index contributed by atoms with van der Waals surface area (Å²) >= 11 is 0. The summed E-state index contributed by atoms with van der Waals surface area (Å²) in [6.07, 6.45) is 6.95. The van der Waals surface area contributed by atoms with Crippen molar-refractivity contribution in [3.63, 3.8) is 0 Å². The topological polar surface area (TPSA) is 73.6 Å². The van der Waals surface area contributed by atoms with Crippen molar-refractivity contribution in [2.24, 2.45) is 23.5 Å². The van der Waals surface area contributed by atoms with Crippen molar-refractivity contribution >= 4 is 5.91 Å². The fraction of sp³-hybridized carbons (Fsp3) is 0.938. The first-order chi connectivity index (χ1) is 10.3. The molecular weight excluding hydrogens is 268 g/mol. The minimum absolute atomic E-state index is 0.0524. The van der Waals surface area contributed by atoms with Gasteiger partial charge in [0, 0.05) is 25.8 Å². The van der Waals surface area contributed by atoms with Crippen molar-refractivity contribution in [1.82, 2.24) is 5.32 Å². The van der Waals surface area contributed by atoms with Gasteiger partial charge >= 0.3 is 0 Å². The van der Waals surface area contributed by atoms with E-state index < -0.39 is 0 Å². The van der Waals surface area contributed by atoms with E-state index in [1.54, 1.807) is 0 Å². The minimum atomic E-state index is 0.0524. The number of carbonyl (C=O) groups is 1. The zero-order chi connectivity index (χ0) is 14.7. The molecule has 2 saturated carbocycles.